The molecule has 0 aliphatic rings. The first-order valence-corrected chi connectivity index (χ1v) is 9.31. The normalized spacial score (nSPS) is 10.1. The highest BCUT2D eigenvalue weighted by Gasteiger charge is 2.10. The molecule has 28 heavy (non-hydrogen) atoms. The first-order chi connectivity index (χ1) is 13.6. The predicted octanol–water partition coefficient (Wildman–Crippen LogP) is 4.17. The molecule has 0 radical (unpaired) electrons. The summed E-state index contributed by atoms with van der Waals surface area (Å²) in [6.45, 7) is 0.741. The first-order valence-electron chi connectivity index (χ1n) is 8.90. The topological polar surface area (TPSA) is 73.4 Å². The van der Waals surface area contributed by atoms with Crippen molar-refractivity contribution in [3.63, 3.8) is 0 Å². The van der Waals surface area contributed by atoms with E-state index in [1.807, 2.05) is 30.3 Å². The quantitative estimate of drug-likeness (QED) is 0.475. The van der Waals surface area contributed by atoms with Crippen LogP contribution >= 0.6 is 12.2 Å². The van der Waals surface area contributed by atoms with Gasteiger partial charge in [0.1, 0.15) is 5.75 Å². The molecule has 0 aliphatic heterocycles. The lowest BCUT2D eigenvalue weighted by atomic mass is 10.1. The zero-order valence-electron chi connectivity index (χ0n) is 15.2. The van der Waals surface area contributed by atoms with Gasteiger partial charge in [-0.05, 0) is 60.6 Å². The number of phenols is 1. The lowest BCUT2D eigenvalue weighted by molar-refractivity contribution is 0.102. The van der Waals surface area contributed by atoms with E-state index in [0.717, 1.165) is 18.7 Å². The minimum absolute atomic E-state index is 0.0507. The molecule has 0 heterocycles. The molecular formula is C22H21N3O2S. The highest BCUT2D eigenvalue weighted by molar-refractivity contribution is 7.80. The van der Waals surface area contributed by atoms with E-state index in [9.17, 15) is 9.90 Å². The number of phenolic OH excluding ortho intramolecular Hbond substituents is 1. The number of carbonyl (C=O) groups is 1. The molecule has 3 rings (SSSR count). The van der Waals surface area contributed by atoms with Crippen molar-refractivity contribution in [1.29, 1.82) is 0 Å². The fraction of sp³-hybridized carbons (Fsp3) is 0.0909. The molecule has 3 aromatic rings. The van der Waals surface area contributed by atoms with E-state index in [2.05, 4.69) is 28.1 Å². The van der Waals surface area contributed by atoms with Crippen molar-refractivity contribution >= 4 is 34.6 Å². The number of amides is 1. The van der Waals surface area contributed by atoms with E-state index in [4.69, 9.17) is 12.2 Å². The van der Waals surface area contributed by atoms with Crippen LogP contribution in [0.1, 0.15) is 15.9 Å². The van der Waals surface area contributed by atoms with Crippen LogP contribution in [0.25, 0.3) is 0 Å². The zero-order chi connectivity index (χ0) is 19.8. The highest BCUT2D eigenvalue weighted by atomic mass is 32.1. The average molecular weight is 391 g/mol. The van der Waals surface area contributed by atoms with Crippen LogP contribution in [0.5, 0.6) is 5.75 Å². The van der Waals surface area contributed by atoms with Crippen molar-refractivity contribution in [2.75, 3.05) is 17.2 Å². The Labute approximate surface area is 169 Å². The Morgan fingerprint density at radius 2 is 1.43 bits per heavy atom. The minimum atomic E-state index is -0.364. The van der Waals surface area contributed by atoms with Gasteiger partial charge in [-0.15, -0.1) is 0 Å². The Morgan fingerprint density at radius 3 is 2.11 bits per heavy atom. The van der Waals surface area contributed by atoms with Crippen molar-refractivity contribution < 1.29 is 9.90 Å². The molecule has 5 nitrogen and oxygen atoms in total. The summed E-state index contributed by atoms with van der Waals surface area (Å²) in [7, 11) is 0. The van der Waals surface area contributed by atoms with E-state index in [1.165, 1.54) is 11.6 Å². The van der Waals surface area contributed by atoms with Gasteiger partial charge < -0.3 is 21.1 Å². The molecule has 0 bridgehead atoms. The summed E-state index contributed by atoms with van der Waals surface area (Å²) in [5.41, 5.74) is 2.93. The van der Waals surface area contributed by atoms with Gasteiger partial charge in [-0.3, -0.25) is 4.79 Å². The summed E-state index contributed by atoms with van der Waals surface area (Å²) in [6, 6.07) is 23.8. The Hall–Kier alpha value is -3.38. The van der Waals surface area contributed by atoms with Crippen LogP contribution in [0.15, 0.2) is 78.9 Å². The minimum Gasteiger partial charge on any atom is -0.507 e. The smallest absolute Gasteiger partial charge is 0.259 e. The number of rotatable bonds is 6. The van der Waals surface area contributed by atoms with Crippen LogP contribution < -0.4 is 16.0 Å². The summed E-state index contributed by atoms with van der Waals surface area (Å²) in [5.74, 6) is -0.415. The molecule has 6 heteroatoms. The molecule has 0 aromatic heterocycles. The summed E-state index contributed by atoms with van der Waals surface area (Å²) in [4.78, 5) is 12.2. The number of para-hydroxylation sites is 1. The van der Waals surface area contributed by atoms with Gasteiger partial charge in [0.25, 0.3) is 5.91 Å². The fourth-order valence-corrected chi connectivity index (χ4v) is 2.86. The number of hydrogen-bond donors (Lipinski definition) is 4. The molecule has 0 unspecified atom stereocenters. The number of thiocarbonyl (C=S) groups is 1. The van der Waals surface area contributed by atoms with Crippen LogP contribution in [0.3, 0.4) is 0 Å². The molecule has 4 N–H and O–H groups in total. The molecule has 0 saturated carbocycles. The van der Waals surface area contributed by atoms with Crippen LogP contribution in [-0.4, -0.2) is 22.7 Å². The Kier molecular flexibility index (Phi) is 6.59. The zero-order valence-corrected chi connectivity index (χ0v) is 16.0. The molecule has 0 aliphatic carbocycles. The average Bonchev–Trinajstić information content (AvgIpc) is 2.70. The molecule has 0 fully saturated rings. The van der Waals surface area contributed by atoms with Crippen LogP contribution in [0, 0.1) is 0 Å². The number of anilines is 2. The maximum absolute atomic E-state index is 12.2. The van der Waals surface area contributed by atoms with Crippen molar-refractivity contribution in [3.05, 3.63) is 90.0 Å². The van der Waals surface area contributed by atoms with E-state index >= 15 is 0 Å². The lowest BCUT2D eigenvalue weighted by Gasteiger charge is -2.12. The Morgan fingerprint density at radius 1 is 0.821 bits per heavy atom. The van der Waals surface area contributed by atoms with Gasteiger partial charge in [-0.1, -0.05) is 42.5 Å². The van der Waals surface area contributed by atoms with Crippen LogP contribution in [0.4, 0.5) is 11.4 Å². The van der Waals surface area contributed by atoms with Gasteiger partial charge in [0.05, 0.1) is 5.56 Å². The van der Waals surface area contributed by atoms with Crippen molar-refractivity contribution in [2.45, 2.75) is 6.42 Å². The van der Waals surface area contributed by atoms with E-state index in [-0.39, 0.29) is 17.2 Å². The first kappa shape index (κ1) is 19.4. The second-order valence-electron chi connectivity index (χ2n) is 6.17. The number of carbonyl (C=O) groups excluding carboxylic acids is 1. The van der Waals surface area contributed by atoms with Gasteiger partial charge in [-0.25, -0.2) is 0 Å². The van der Waals surface area contributed by atoms with Gasteiger partial charge in [0.15, 0.2) is 5.11 Å². The predicted molar refractivity (Wildman–Crippen MR) is 117 cm³/mol. The maximum Gasteiger partial charge on any atom is 0.259 e. The molecule has 0 spiro atoms. The Balaban J connectivity index is 1.48. The SMILES string of the molecule is O=C(Nc1ccc(NC(=S)NCCc2ccccc2)cc1)c1ccccc1O. The summed E-state index contributed by atoms with van der Waals surface area (Å²) >= 11 is 5.31. The number of nitrogens with one attached hydrogen (secondary N) is 3. The van der Waals surface area contributed by atoms with Crippen molar-refractivity contribution in [1.82, 2.24) is 5.32 Å². The number of aromatic hydroxyl groups is 1. The van der Waals surface area contributed by atoms with Crippen molar-refractivity contribution in [3.8, 4) is 5.75 Å². The standard InChI is InChI=1S/C22H21N3O2S/c26-20-9-5-4-8-19(20)21(27)24-17-10-12-18(13-11-17)25-22(28)23-15-14-16-6-2-1-3-7-16/h1-13,26H,14-15H2,(H,24,27)(H2,23,25,28). The van der Waals surface area contributed by atoms with E-state index in [0.29, 0.717) is 10.8 Å². The third-order valence-corrected chi connectivity index (χ3v) is 4.34. The van der Waals surface area contributed by atoms with Crippen molar-refractivity contribution in [2.24, 2.45) is 0 Å². The van der Waals surface area contributed by atoms with E-state index < -0.39 is 0 Å². The largest absolute Gasteiger partial charge is 0.507 e. The number of hydrogen-bond acceptors (Lipinski definition) is 3. The summed E-state index contributed by atoms with van der Waals surface area (Å²) in [5, 5.41) is 19.3. The highest BCUT2D eigenvalue weighted by Crippen LogP contribution is 2.19. The van der Waals surface area contributed by atoms with Crippen LogP contribution in [-0.2, 0) is 6.42 Å². The van der Waals surface area contributed by atoms with Gasteiger partial charge >= 0.3 is 0 Å². The second kappa shape index (κ2) is 9.53. The monoisotopic (exact) mass is 391 g/mol. The third kappa shape index (κ3) is 5.56. The van der Waals surface area contributed by atoms with Gasteiger partial charge in [-0.2, -0.15) is 0 Å². The summed E-state index contributed by atoms with van der Waals surface area (Å²) in [6.07, 6.45) is 0.889. The maximum atomic E-state index is 12.2. The van der Waals surface area contributed by atoms with E-state index in [1.54, 1.807) is 30.3 Å². The Bertz CT molecular complexity index is 944. The molecule has 142 valence electrons. The third-order valence-electron chi connectivity index (χ3n) is 4.09. The molecule has 0 atom stereocenters. The number of benzene rings is 3. The molecular weight excluding hydrogens is 370 g/mol. The molecule has 3 aromatic carbocycles. The van der Waals surface area contributed by atoms with Gasteiger partial charge in [0, 0.05) is 17.9 Å². The summed E-state index contributed by atoms with van der Waals surface area (Å²) < 4.78 is 0. The second-order valence-corrected chi connectivity index (χ2v) is 6.57. The fourth-order valence-electron chi connectivity index (χ4n) is 2.64. The molecule has 1 amide bonds. The van der Waals surface area contributed by atoms with Gasteiger partial charge in [0.2, 0.25) is 0 Å². The lowest BCUT2D eigenvalue weighted by Crippen LogP contribution is -2.30. The van der Waals surface area contributed by atoms with Crippen LogP contribution in [0.2, 0.25) is 0 Å². The molecule has 0 saturated heterocycles.